The van der Waals surface area contributed by atoms with Gasteiger partial charge in [-0.1, -0.05) is 73.8 Å². The number of nitrogens with zero attached hydrogens (tertiary/aromatic N) is 2. The van der Waals surface area contributed by atoms with Gasteiger partial charge in [0.1, 0.15) is 12.6 Å². The third-order valence-corrected chi connectivity index (χ3v) is 9.93. The highest BCUT2D eigenvalue weighted by molar-refractivity contribution is 7.92. The van der Waals surface area contributed by atoms with Gasteiger partial charge >= 0.3 is 0 Å². The summed E-state index contributed by atoms with van der Waals surface area (Å²) >= 11 is 6.48. The second-order valence-electron chi connectivity index (χ2n) is 10.6. The number of sulfonamides is 1. The largest absolute Gasteiger partial charge is 0.352 e. The molecule has 1 atom stereocenters. The summed E-state index contributed by atoms with van der Waals surface area (Å²) in [6, 6.07) is 19.9. The van der Waals surface area contributed by atoms with E-state index in [0.717, 1.165) is 41.1 Å². The van der Waals surface area contributed by atoms with E-state index in [9.17, 15) is 18.0 Å². The van der Waals surface area contributed by atoms with Gasteiger partial charge in [-0.2, -0.15) is 0 Å². The number of amides is 2. The molecule has 0 aromatic heterocycles. The van der Waals surface area contributed by atoms with Gasteiger partial charge in [-0.05, 0) is 80.1 Å². The molecule has 0 aliphatic heterocycles. The summed E-state index contributed by atoms with van der Waals surface area (Å²) in [4.78, 5) is 29.3. The van der Waals surface area contributed by atoms with E-state index in [1.165, 1.54) is 17.0 Å². The molecule has 1 aliphatic carbocycles. The minimum atomic E-state index is -4.11. The summed E-state index contributed by atoms with van der Waals surface area (Å²) < 4.78 is 29.1. The summed E-state index contributed by atoms with van der Waals surface area (Å²) in [5, 5.41) is 3.59. The first-order chi connectivity index (χ1) is 19.6. The van der Waals surface area contributed by atoms with Gasteiger partial charge in [0, 0.05) is 17.6 Å². The molecule has 9 heteroatoms. The Bertz CT molecular complexity index is 1470. The number of hydrogen-bond acceptors (Lipinski definition) is 4. The minimum Gasteiger partial charge on any atom is -0.352 e. The molecule has 1 fully saturated rings. The molecule has 0 unspecified atom stereocenters. The zero-order valence-corrected chi connectivity index (χ0v) is 25.4. The normalized spacial score (nSPS) is 14.4. The van der Waals surface area contributed by atoms with Gasteiger partial charge in [0.25, 0.3) is 10.0 Å². The fraction of sp³-hybridized carbons (Fsp3) is 0.375. The SMILES string of the molecule is CC[C@@H](C(=O)NC1CCCC1)N(Cc1ccccc1Cl)C(=O)CN(c1ccc(C)c(C)c1)S(=O)(=O)c1ccccc1. The zero-order valence-electron chi connectivity index (χ0n) is 23.8. The quantitative estimate of drug-likeness (QED) is 0.294. The number of rotatable bonds is 11. The topological polar surface area (TPSA) is 86.8 Å². The number of benzene rings is 3. The van der Waals surface area contributed by atoms with E-state index in [2.05, 4.69) is 5.32 Å². The molecule has 0 radical (unpaired) electrons. The van der Waals surface area contributed by atoms with Crippen LogP contribution >= 0.6 is 11.6 Å². The molecule has 3 aromatic carbocycles. The van der Waals surface area contributed by atoms with Crippen molar-refractivity contribution in [3.05, 3.63) is 94.5 Å². The van der Waals surface area contributed by atoms with E-state index >= 15 is 0 Å². The van der Waals surface area contributed by atoms with Crippen LogP contribution in [0.4, 0.5) is 5.69 Å². The number of halogens is 1. The molecule has 1 aliphatic rings. The number of aryl methyl sites for hydroxylation is 2. The van der Waals surface area contributed by atoms with Crippen molar-refractivity contribution in [3.8, 4) is 0 Å². The predicted molar refractivity (Wildman–Crippen MR) is 163 cm³/mol. The van der Waals surface area contributed by atoms with Gasteiger partial charge in [0.05, 0.1) is 10.6 Å². The van der Waals surface area contributed by atoms with Crippen LogP contribution in [0.5, 0.6) is 0 Å². The fourth-order valence-electron chi connectivity index (χ4n) is 5.23. The number of anilines is 1. The average molecular weight is 596 g/mol. The Morgan fingerprint density at radius 3 is 2.24 bits per heavy atom. The Morgan fingerprint density at radius 2 is 1.61 bits per heavy atom. The zero-order chi connectivity index (χ0) is 29.6. The smallest absolute Gasteiger partial charge is 0.264 e. The van der Waals surface area contributed by atoms with Crippen molar-refractivity contribution < 1.29 is 18.0 Å². The molecule has 3 aromatic rings. The van der Waals surface area contributed by atoms with Crippen LogP contribution < -0.4 is 9.62 Å². The molecule has 41 heavy (non-hydrogen) atoms. The van der Waals surface area contributed by atoms with Crippen molar-refractivity contribution in [2.45, 2.75) is 76.4 Å². The Morgan fingerprint density at radius 1 is 0.951 bits per heavy atom. The van der Waals surface area contributed by atoms with Gasteiger partial charge in [0.15, 0.2) is 0 Å². The Balaban J connectivity index is 1.73. The van der Waals surface area contributed by atoms with Crippen LogP contribution in [0, 0.1) is 13.8 Å². The van der Waals surface area contributed by atoms with E-state index in [1.807, 2.05) is 39.0 Å². The Kier molecular flexibility index (Phi) is 10.1. The predicted octanol–water partition coefficient (Wildman–Crippen LogP) is 6.02. The highest BCUT2D eigenvalue weighted by Crippen LogP contribution is 2.27. The van der Waals surface area contributed by atoms with Gasteiger partial charge in [-0.15, -0.1) is 0 Å². The van der Waals surface area contributed by atoms with Crippen LogP contribution in [0.15, 0.2) is 77.7 Å². The summed E-state index contributed by atoms with van der Waals surface area (Å²) in [5.41, 5.74) is 2.97. The number of carbonyl (C=O) groups excluding carboxylic acids is 2. The molecular weight excluding hydrogens is 558 g/mol. The first kappa shape index (κ1) is 30.6. The lowest BCUT2D eigenvalue weighted by Crippen LogP contribution is -2.53. The third-order valence-electron chi connectivity index (χ3n) is 7.77. The second-order valence-corrected chi connectivity index (χ2v) is 12.9. The molecule has 0 saturated heterocycles. The minimum absolute atomic E-state index is 0.0707. The summed E-state index contributed by atoms with van der Waals surface area (Å²) in [6.07, 6.45) is 4.31. The Labute approximate surface area is 248 Å². The fourth-order valence-corrected chi connectivity index (χ4v) is 6.85. The monoisotopic (exact) mass is 595 g/mol. The van der Waals surface area contributed by atoms with Crippen LogP contribution in [-0.2, 0) is 26.2 Å². The molecule has 0 bridgehead atoms. The summed E-state index contributed by atoms with van der Waals surface area (Å²) in [7, 11) is -4.11. The van der Waals surface area contributed by atoms with Crippen molar-refractivity contribution in [1.82, 2.24) is 10.2 Å². The van der Waals surface area contributed by atoms with E-state index in [4.69, 9.17) is 11.6 Å². The molecule has 1 saturated carbocycles. The average Bonchev–Trinajstić information content (AvgIpc) is 3.47. The van der Waals surface area contributed by atoms with E-state index < -0.39 is 28.5 Å². The van der Waals surface area contributed by atoms with Gasteiger partial charge in [0.2, 0.25) is 11.8 Å². The van der Waals surface area contributed by atoms with Crippen molar-refractivity contribution in [1.29, 1.82) is 0 Å². The molecule has 0 heterocycles. The lowest BCUT2D eigenvalue weighted by Gasteiger charge is -2.34. The maximum atomic E-state index is 14.2. The maximum Gasteiger partial charge on any atom is 0.264 e. The van der Waals surface area contributed by atoms with Crippen molar-refractivity contribution >= 4 is 39.1 Å². The van der Waals surface area contributed by atoms with Crippen LogP contribution in [-0.4, -0.2) is 43.8 Å². The van der Waals surface area contributed by atoms with Crippen LogP contribution in [0.2, 0.25) is 5.02 Å². The van der Waals surface area contributed by atoms with E-state index in [-0.39, 0.29) is 23.4 Å². The first-order valence-electron chi connectivity index (χ1n) is 14.1. The first-order valence-corrected chi connectivity index (χ1v) is 15.9. The Hall–Kier alpha value is -3.36. The lowest BCUT2D eigenvalue weighted by molar-refractivity contribution is -0.140. The third kappa shape index (κ3) is 7.29. The van der Waals surface area contributed by atoms with Gasteiger partial charge < -0.3 is 10.2 Å². The number of nitrogens with one attached hydrogen (secondary N) is 1. The van der Waals surface area contributed by atoms with Gasteiger partial charge in [-0.3, -0.25) is 13.9 Å². The second kappa shape index (κ2) is 13.5. The van der Waals surface area contributed by atoms with Crippen LogP contribution in [0.25, 0.3) is 0 Å². The van der Waals surface area contributed by atoms with Crippen LogP contribution in [0.1, 0.15) is 55.7 Å². The standard InChI is InChI=1S/C32H38ClN3O4S/c1-4-30(32(38)34-26-13-9-10-14-26)35(21-25-12-8-11-17-29(25)33)31(37)22-36(27-19-18-23(2)24(3)20-27)41(39,40)28-15-6-5-7-16-28/h5-8,11-12,15-20,26,30H,4,9-10,13-14,21-22H2,1-3H3,(H,34,38)/t30-/m0/s1. The van der Waals surface area contributed by atoms with Gasteiger partial charge in [-0.25, -0.2) is 8.42 Å². The van der Waals surface area contributed by atoms with Crippen molar-refractivity contribution in [2.24, 2.45) is 0 Å². The lowest BCUT2D eigenvalue weighted by atomic mass is 10.1. The molecule has 4 rings (SSSR count). The van der Waals surface area contributed by atoms with E-state index in [0.29, 0.717) is 22.7 Å². The highest BCUT2D eigenvalue weighted by atomic mass is 35.5. The summed E-state index contributed by atoms with van der Waals surface area (Å²) in [5.74, 6) is -0.723. The molecule has 218 valence electrons. The maximum absolute atomic E-state index is 14.2. The molecule has 0 spiro atoms. The summed E-state index contributed by atoms with van der Waals surface area (Å²) in [6.45, 7) is 5.30. The van der Waals surface area contributed by atoms with Crippen molar-refractivity contribution in [3.63, 3.8) is 0 Å². The molecule has 1 N–H and O–H groups in total. The number of carbonyl (C=O) groups is 2. The molecular formula is C32H38ClN3O4S. The van der Waals surface area contributed by atoms with E-state index in [1.54, 1.807) is 42.5 Å². The van der Waals surface area contributed by atoms with Crippen molar-refractivity contribution in [2.75, 3.05) is 10.8 Å². The highest BCUT2D eigenvalue weighted by Gasteiger charge is 2.34. The number of hydrogen-bond donors (Lipinski definition) is 1. The molecule has 7 nitrogen and oxygen atoms in total. The van der Waals surface area contributed by atoms with Crippen LogP contribution in [0.3, 0.4) is 0 Å². The molecule has 2 amide bonds.